The molecule has 1 rings (SSSR count). The first kappa shape index (κ1) is 15.2. The molecule has 1 amide bonds. The van der Waals surface area contributed by atoms with Crippen molar-refractivity contribution in [1.29, 1.82) is 0 Å². The van der Waals surface area contributed by atoms with Gasteiger partial charge < -0.3 is 10.8 Å². The highest BCUT2D eigenvalue weighted by Gasteiger charge is 2.24. The van der Waals surface area contributed by atoms with Gasteiger partial charge in [0.1, 0.15) is 6.54 Å². The van der Waals surface area contributed by atoms with Crippen molar-refractivity contribution < 1.29 is 14.7 Å². The summed E-state index contributed by atoms with van der Waals surface area (Å²) in [5, 5.41) is 8.92. The van der Waals surface area contributed by atoms with Gasteiger partial charge >= 0.3 is 5.97 Å². The van der Waals surface area contributed by atoms with Crippen molar-refractivity contribution in [2.75, 3.05) is 11.4 Å². The number of rotatable bonds is 6. The molecular formula is C14H20N2O3. The second-order valence-corrected chi connectivity index (χ2v) is 4.89. The molecule has 5 nitrogen and oxygen atoms in total. The van der Waals surface area contributed by atoms with Gasteiger partial charge in [-0.1, -0.05) is 32.0 Å². The summed E-state index contributed by atoms with van der Waals surface area (Å²) in [5.74, 6) is -1.14. The molecule has 0 aromatic heterocycles. The molecule has 5 heteroatoms. The summed E-state index contributed by atoms with van der Waals surface area (Å²) in [6.07, 6.45) is 0.530. The molecule has 0 aliphatic heterocycles. The first-order valence-electron chi connectivity index (χ1n) is 6.25. The molecule has 0 spiro atoms. The highest BCUT2D eigenvalue weighted by Crippen LogP contribution is 2.16. The van der Waals surface area contributed by atoms with Crippen LogP contribution in [0.5, 0.6) is 0 Å². The summed E-state index contributed by atoms with van der Waals surface area (Å²) in [7, 11) is 0. The number of hydrogen-bond donors (Lipinski definition) is 2. The van der Waals surface area contributed by atoms with Gasteiger partial charge in [0, 0.05) is 5.69 Å². The number of amides is 1. The number of carboxylic acids is 1. The minimum Gasteiger partial charge on any atom is -0.480 e. The molecule has 0 saturated carbocycles. The van der Waals surface area contributed by atoms with Gasteiger partial charge in [0.15, 0.2) is 0 Å². The number of benzene rings is 1. The van der Waals surface area contributed by atoms with Crippen molar-refractivity contribution in [1.82, 2.24) is 0 Å². The average molecular weight is 264 g/mol. The van der Waals surface area contributed by atoms with E-state index in [4.69, 9.17) is 10.8 Å². The molecule has 0 fully saturated rings. The minimum atomic E-state index is -1.06. The van der Waals surface area contributed by atoms with Crippen molar-refractivity contribution in [2.45, 2.75) is 26.3 Å². The topological polar surface area (TPSA) is 83.6 Å². The maximum absolute atomic E-state index is 12.3. The lowest BCUT2D eigenvalue weighted by molar-refractivity contribution is -0.136. The number of carbonyl (C=O) groups is 2. The van der Waals surface area contributed by atoms with Crippen molar-refractivity contribution in [3.8, 4) is 0 Å². The Hall–Kier alpha value is -1.88. The second-order valence-electron chi connectivity index (χ2n) is 4.89. The maximum atomic E-state index is 12.3. The van der Waals surface area contributed by atoms with E-state index in [1.807, 2.05) is 13.8 Å². The molecule has 104 valence electrons. The zero-order valence-corrected chi connectivity index (χ0v) is 11.2. The maximum Gasteiger partial charge on any atom is 0.323 e. The lowest BCUT2D eigenvalue weighted by Gasteiger charge is -2.25. The Morgan fingerprint density at radius 3 is 2.32 bits per heavy atom. The standard InChI is InChI=1S/C14H20N2O3/c1-10(2)8-12(15)14(19)16(9-13(17)18)11-6-4-3-5-7-11/h3-7,10,12H,8-9,15H2,1-2H3,(H,17,18)/t12-/m0/s1. The Labute approximate surface area is 113 Å². The van der Waals surface area contributed by atoms with Crippen LogP contribution in [0, 0.1) is 5.92 Å². The zero-order valence-electron chi connectivity index (χ0n) is 11.2. The Morgan fingerprint density at radius 1 is 1.26 bits per heavy atom. The van der Waals surface area contributed by atoms with Crippen molar-refractivity contribution in [3.63, 3.8) is 0 Å². The van der Waals surface area contributed by atoms with Crippen LogP contribution in [-0.2, 0) is 9.59 Å². The molecule has 1 aromatic rings. The zero-order chi connectivity index (χ0) is 14.4. The molecule has 0 saturated heterocycles. The molecule has 0 bridgehead atoms. The number of carbonyl (C=O) groups excluding carboxylic acids is 1. The second kappa shape index (κ2) is 6.89. The SMILES string of the molecule is CC(C)C[C@H](N)C(=O)N(CC(=O)O)c1ccccc1. The molecule has 0 aliphatic carbocycles. The molecule has 3 N–H and O–H groups in total. The van der Waals surface area contributed by atoms with Crippen LogP contribution >= 0.6 is 0 Å². The van der Waals surface area contributed by atoms with Crippen LogP contribution in [0.2, 0.25) is 0 Å². The molecule has 0 radical (unpaired) electrons. The lowest BCUT2D eigenvalue weighted by atomic mass is 10.0. The number of aliphatic carboxylic acids is 1. The van der Waals surface area contributed by atoms with Crippen LogP contribution in [0.4, 0.5) is 5.69 Å². The quantitative estimate of drug-likeness (QED) is 0.815. The monoisotopic (exact) mass is 264 g/mol. The van der Waals surface area contributed by atoms with E-state index in [-0.39, 0.29) is 18.4 Å². The van der Waals surface area contributed by atoms with Gasteiger partial charge in [-0.15, -0.1) is 0 Å². The number of anilines is 1. The smallest absolute Gasteiger partial charge is 0.323 e. The van der Waals surface area contributed by atoms with E-state index in [9.17, 15) is 9.59 Å². The lowest BCUT2D eigenvalue weighted by Crippen LogP contribution is -2.46. The highest BCUT2D eigenvalue weighted by atomic mass is 16.4. The van der Waals surface area contributed by atoms with Crippen LogP contribution < -0.4 is 10.6 Å². The van der Waals surface area contributed by atoms with Gasteiger partial charge in [0.2, 0.25) is 5.91 Å². The Bertz CT molecular complexity index is 432. The van der Waals surface area contributed by atoms with E-state index in [1.165, 1.54) is 4.90 Å². The molecule has 1 aromatic carbocycles. The van der Waals surface area contributed by atoms with Crippen molar-refractivity contribution >= 4 is 17.6 Å². The number of nitrogens with two attached hydrogens (primary N) is 1. The van der Waals surface area contributed by atoms with E-state index in [1.54, 1.807) is 30.3 Å². The van der Waals surface area contributed by atoms with Gasteiger partial charge in [-0.25, -0.2) is 0 Å². The van der Waals surface area contributed by atoms with Crippen LogP contribution in [0.1, 0.15) is 20.3 Å². The van der Waals surface area contributed by atoms with Crippen LogP contribution in [0.15, 0.2) is 30.3 Å². The fourth-order valence-corrected chi connectivity index (χ4v) is 1.85. The van der Waals surface area contributed by atoms with Crippen LogP contribution in [0.25, 0.3) is 0 Å². The van der Waals surface area contributed by atoms with E-state index < -0.39 is 12.0 Å². The van der Waals surface area contributed by atoms with E-state index in [2.05, 4.69) is 0 Å². The highest BCUT2D eigenvalue weighted by molar-refractivity contribution is 6.00. The van der Waals surface area contributed by atoms with E-state index in [0.717, 1.165) is 0 Å². The first-order valence-corrected chi connectivity index (χ1v) is 6.25. The fourth-order valence-electron chi connectivity index (χ4n) is 1.85. The van der Waals surface area contributed by atoms with Gasteiger partial charge in [-0.2, -0.15) is 0 Å². The molecular weight excluding hydrogens is 244 g/mol. The minimum absolute atomic E-state index is 0.279. The third-order valence-electron chi connectivity index (χ3n) is 2.67. The predicted molar refractivity (Wildman–Crippen MR) is 73.9 cm³/mol. The number of nitrogens with zero attached hydrogens (tertiary/aromatic N) is 1. The molecule has 0 heterocycles. The number of carboxylic acid groups (broad SMARTS) is 1. The molecule has 1 atom stereocenters. The normalized spacial score (nSPS) is 12.2. The fraction of sp³-hybridized carbons (Fsp3) is 0.429. The Kier molecular flexibility index (Phi) is 5.51. The summed E-state index contributed by atoms with van der Waals surface area (Å²) in [6, 6.07) is 8.03. The Balaban J connectivity index is 2.91. The van der Waals surface area contributed by atoms with Gasteiger partial charge in [-0.05, 0) is 24.5 Å². The van der Waals surface area contributed by atoms with Gasteiger partial charge in [0.05, 0.1) is 6.04 Å². The van der Waals surface area contributed by atoms with Crippen molar-refractivity contribution in [2.24, 2.45) is 11.7 Å². The third-order valence-corrected chi connectivity index (χ3v) is 2.67. The first-order chi connectivity index (χ1) is 8.91. The predicted octanol–water partition coefficient (Wildman–Crippen LogP) is 1.48. The molecule has 19 heavy (non-hydrogen) atoms. The summed E-state index contributed by atoms with van der Waals surface area (Å²) in [5.41, 5.74) is 6.40. The Morgan fingerprint density at radius 2 is 1.84 bits per heavy atom. The van der Waals surface area contributed by atoms with Gasteiger partial charge in [0.25, 0.3) is 0 Å². The van der Waals surface area contributed by atoms with E-state index >= 15 is 0 Å². The summed E-state index contributed by atoms with van der Waals surface area (Å²) < 4.78 is 0. The van der Waals surface area contributed by atoms with Crippen molar-refractivity contribution in [3.05, 3.63) is 30.3 Å². The van der Waals surface area contributed by atoms with Gasteiger partial charge in [-0.3, -0.25) is 14.5 Å². The largest absolute Gasteiger partial charge is 0.480 e. The number of hydrogen-bond acceptors (Lipinski definition) is 3. The van der Waals surface area contributed by atoms with Crippen LogP contribution in [-0.4, -0.2) is 29.6 Å². The van der Waals surface area contributed by atoms with Crippen LogP contribution in [0.3, 0.4) is 0 Å². The third kappa shape index (κ3) is 4.71. The summed E-state index contributed by atoms with van der Waals surface area (Å²) >= 11 is 0. The van der Waals surface area contributed by atoms with E-state index in [0.29, 0.717) is 12.1 Å². The molecule has 0 aliphatic rings. The number of para-hydroxylation sites is 1. The summed E-state index contributed by atoms with van der Waals surface area (Å²) in [6.45, 7) is 3.56. The average Bonchev–Trinajstić information content (AvgIpc) is 2.35. The summed E-state index contributed by atoms with van der Waals surface area (Å²) in [4.78, 5) is 24.4. The molecule has 0 unspecified atom stereocenters.